The number of carbonyl (C=O) groups is 2. The van der Waals surface area contributed by atoms with Crippen LogP contribution in [0, 0.1) is 0 Å². The van der Waals surface area contributed by atoms with Crippen molar-refractivity contribution >= 4 is 17.6 Å². The third kappa shape index (κ3) is 3.63. The highest BCUT2D eigenvalue weighted by Gasteiger charge is 2.17. The first-order valence-corrected chi connectivity index (χ1v) is 6.42. The maximum atomic E-state index is 11.9. The molecule has 2 N–H and O–H groups in total. The number of hydrogen-bond acceptors (Lipinski definition) is 5. The summed E-state index contributed by atoms with van der Waals surface area (Å²) in [4.78, 5) is 25.2. The molecule has 1 rings (SSSR count). The fraction of sp³-hybridized carbons (Fsp3) is 0.429. The number of rotatable bonds is 6. The summed E-state index contributed by atoms with van der Waals surface area (Å²) in [7, 11) is 1.46. The van der Waals surface area contributed by atoms with E-state index >= 15 is 0 Å². The highest BCUT2D eigenvalue weighted by Crippen LogP contribution is 2.25. The Balaban J connectivity index is 2.71. The van der Waals surface area contributed by atoms with Crippen molar-refractivity contribution in [2.75, 3.05) is 32.5 Å². The van der Waals surface area contributed by atoms with Gasteiger partial charge < -0.3 is 20.1 Å². The summed E-state index contributed by atoms with van der Waals surface area (Å²) in [6.07, 6.45) is 0. The molecule has 0 heterocycles. The first-order valence-electron chi connectivity index (χ1n) is 6.42. The summed E-state index contributed by atoms with van der Waals surface area (Å²) in [5, 5.41) is 0. The molecule has 0 fully saturated rings. The highest BCUT2D eigenvalue weighted by molar-refractivity contribution is 5.97. The number of amides is 1. The highest BCUT2D eigenvalue weighted by atomic mass is 16.5. The number of ether oxygens (including phenoxy) is 2. The molecule has 1 aromatic carbocycles. The Morgan fingerprint density at radius 2 is 1.90 bits per heavy atom. The topological polar surface area (TPSA) is 81.9 Å². The second-order valence-electron chi connectivity index (χ2n) is 4.06. The van der Waals surface area contributed by atoms with Gasteiger partial charge in [-0.25, -0.2) is 4.79 Å². The number of anilines is 1. The number of benzene rings is 1. The van der Waals surface area contributed by atoms with Crippen molar-refractivity contribution < 1.29 is 19.1 Å². The lowest BCUT2D eigenvalue weighted by atomic mass is 10.1. The molecule has 110 valence electrons. The van der Waals surface area contributed by atoms with Crippen LogP contribution in [0.1, 0.15) is 24.2 Å². The van der Waals surface area contributed by atoms with E-state index in [0.29, 0.717) is 18.8 Å². The van der Waals surface area contributed by atoms with E-state index in [-0.39, 0.29) is 23.8 Å². The van der Waals surface area contributed by atoms with Gasteiger partial charge in [0.25, 0.3) is 5.91 Å². The molecule has 0 aromatic heterocycles. The van der Waals surface area contributed by atoms with E-state index < -0.39 is 5.97 Å². The van der Waals surface area contributed by atoms with Crippen LogP contribution in [-0.2, 0) is 9.53 Å². The van der Waals surface area contributed by atoms with Gasteiger partial charge in [-0.15, -0.1) is 0 Å². The molecule has 0 aliphatic rings. The van der Waals surface area contributed by atoms with Crippen molar-refractivity contribution in [3.63, 3.8) is 0 Å². The van der Waals surface area contributed by atoms with Crippen LogP contribution in [0.4, 0.5) is 5.69 Å². The molecular formula is C14H20N2O4. The number of methoxy groups -OCH3 is 1. The number of nitrogens with two attached hydrogens (primary N) is 1. The molecule has 0 aliphatic heterocycles. The second-order valence-corrected chi connectivity index (χ2v) is 4.06. The molecule has 0 bridgehead atoms. The molecule has 1 aromatic rings. The Morgan fingerprint density at radius 3 is 2.45 bits per heavy atom. The molecule has 0 saturated heterocycles. The van der Waals surface area contributed by atoms with Gasteiger partial charge in [-0.3, -0.25) is 4.79 Å². The Morgan fingerprint density at radius 1 is 1.25 bits per heavy atom. The quantitative estimate of drug-likeness (QED) is 0.627. The Kier molecular flexibility index (Phi) is 5.83. The van der Waals surface area contributed by atoms with Crippen LogP contribution in [0.15, 0.2) is 18.2 Å². The van der Waals surface area contributed by atoms with E-state index in [1.165, 1.54) is 13.2 Å². The van der Waals surface area contributed by atoms with E-state index in [4.69, 9.17) is 15.2 Å². The van der Waals surface area contributed by atoms with Crippen LogP contribution in [0.3, 0.4) is 0 Å². The van der Waals surface area contributed by atoms with E-state index in [1.807, 2.05) is 13.8 Å². The molecule has 0 radical (unpaired) electrons. The Labute approximate surface area is 118 Å². The van der Waals surface area contributed by atoms with Crippen LogP contribution in [0.5, 0.6) is 5.75 Å². The number of carbonyl (C=O) groups excluding carboxylic acids is 2. The normalized spacial score (nSPS) is 9.95. The summed E-state index contributed by atoms with van der Waals surface area (Å²) >= 11 is 0. The van der Waals surface area contributed by atoms with Gasteiger partial charge in [-0.05, 0) is 26.0 Å². The van der Waals surface area contributed by atoms with Crippen LogP contribution in [0.2, 0.25) is 0 Å². The average molecular weight is 280 g/mol. The Bertz CT molecular complexity index is 484. The second kappa shape index (κ2) is 7.37. The van der Waals surface area contributed by atoms with Crippen molar-refractivity contribution in [1.82, 2.24) is 4.90 Å². The largest absolute Gasteiger partial charge is 0.495 e. The van der Waals surface area contributed by atoms with Crippen molar-refractivity contribution in [2.45, 2.75) is 13.8 Å². The predicted octanol–water partition coefficient (Wildman–Crippen LogP) is 1.30. The molecule has 0 aliphatic carbocycles. The molecule has 1 amide bonds. The van der Waals surface area contributed by atoms with Gasteiger partial charge >= 0.3 is 5.97 Å². The fourth-order valence-corrected chi connectivity index (χ4v) is 1.77. The zero-order valence-corrected chi connectivity index (χ0v) is 12.0. The third-order valence-corrected chi connectivity index (χ3v) is 2.95. The van der Waals surface area contributed by atoms with E-state index in [1.54, 1.807) is 17.0 Å². The summed E-state index contributed by atoms with van der Waals surface area (Å²) in [5.74, 6) is -0.471. The number of nitrogens with zero attached hydrogens (tertiary/aromatic N) is 1. The van der Waals surface area contributed by atoms with Gasteiger partial charge in [0.05, 0.1) is 18.4 Å². The minimum atomic E-state index is -0.637. The van der Waals surface area contributed by atoms with E-state index in [2.05, 4.69) is 0 Å². The SMILES string of the molecule is CCN(CC)C(=O)COC(=O)c1cccc(OC)c1N. The predicted molar refractivity (Wildman–Crippen MR) is 75.6 cm³/mol. The minimum Gasteiger partial charge on any atom is -0.495 e. The number of esters is 1. The van der Waals surface area contributed by atoms with Crippen LogP contribution < -0.4 is 10.5 Å². The van der Waals surface area contributed by atoms with Crippen LogP contribution >= 0.6 is 0 Å². The minimum absolute atomic E-state index is 0.191. The van der Waals surface area contributed by atoms with Gasteiger partial charge in [-0.2, -0.15) is 0 Å². The monoisotopic (exact) mass is 280 g/mol. The molecule has 0 unspecified atom stereocenters. The zero-order chi connectivity index (χ0) is 15.1. The standard InChI is InChI=1S/C14H20N2O4/c1-4-16(5-2)12(17)9-20-14(18)10-7-6-8-11(19-3)13(10)15/h6-8H,4-5,9,15H2,1-3H3. The number of likely N-dealkylation sites (N-methyl/N-ethyl adjacent to an activating group) is 1. The van der Waals surface area contributed by atoms with Gasteiger partial charge in [0.2, 0.25) is 0 Å². The summed E-state index contributed by atoms with van der Waals surface area (Å²) in [6.45, 7) is 4.59. The summed E-state index contributed by atoms with van der Waals surface area (Å²) in [5.41, 5.74) is 6.19. The zero-order valence-electron chi connectivity index (χ0n) is 12.0. The summed E-state index contributed by atoms with van der Waals surface area (Å²) < 4.78 is 10.0. The lowest BCUT2D eigenvalue weighted by Crippen LogP contribution is -2.34. The molecule has 20 heavy (non-hydrogen) atoms. The molecule has 6 heteroatoms. The summed E-state index contributed by atoms with van der Waals surface area (Å²) in [6, 6.07) is 4.81. The van der Waals surface area contributed by atoms with Crippen molar-refractivity contribution in [3.8, 4) is 5.75 Å². The van der Waals surface area contributed by atoms with Gasteiger partial charge in [0.15, 0.2) is 6.61 Å². The van der Waals surface area contributed by atoms with Gasteiger partial charge in [-0.1, -0.05) is 6.07 Å². The molecule has 0 atom stereocenters. The maximum absolute atomic E-state index is 11.9. The van der Waals surface area contributed by atoms with Gasteiger partial charge in [0.1, 0.15) is 5.75 Å². The van der Waals surface area contributed by atoms with Crippen molar-refractivity contribution in [1.29, 1.82) is 0 Å². The van der Waals surface area contributed by atoms with Crippen LogP contribution in [0.25, 0.3) is 0 Å². The number of hydrogen-bond donors (Lipinski definition) is 1. The smallest absolute Gasteiger partial charge is 0.340 e. The first kappa shape index (κ1) is 15.8. The van der Waals surface area contributed by atoms with Gasteiger partial charge in [0, 0.05) is 13.1 Å². The van der Waals surface area contributed by atoms with Crippen molar-refractivity contribution in [2.24, 2.45) is 0 Å². The Hall–Kier alpha value is -2.24. The average Bonchev–Trinajstić information content (AvgIpc) is 2.46. The lowest BCUT2D eigenvalue weighted by Gasteiger charge is -2.18. The number of nitrogen functional groups attached to an aromatic ring is 1. The molecule has 6 nitrogen and oxygen atoms in total. The lowest BCUT2D eigenvalue weighted by molar-refractivity contribution is -0.134. The number of para-hydroxylation sites is 1. The van der Waals surface area contributed by atoms with Crippen LogP contribution in [-0.4, -0.2) is 43.6 Å². The first-order chi connectivity index (χ1) is 9.54. The van der Waals surface area contributed by atoms with E-state index in [9.17, 15) is 9.59 Å². The van der Waals surface area contributed by atoms with E-state index in [0.717, 1.165) is 0 Å². The third-order valence-electron chi connectivity index (χ3n) is 2.95. The molecular weight excluding hydrogens is 260 g/mol. The molecule has 0 saturated carbocycles. The molecule has 0 spiro atoms. The fourth-order valence-electron chi connectivity index (χ4n) is 1.77. The maximum Gasteiger partial charge on any atom is 0.340 e. The van der Waals surface area contributed by atoms with Crippen molar-refractivity contribution in [3.05, 3.63) is 23.8 Å².